The van der Waals surface area contributed by atoms with Crippen LogP contribution in [0, 0.1) is 13.8 Å². The highest BCUT2D eigenvalue weighted by atomic mass is 19.4. The molecule has 0 aliphatic carbocycles. The molecule has 0 spiro atoms. The van der Waals surface area contributed by atoms with Crippen molar-refractivity contribution < 1.29 is 17.9 Å². The molecule has 37 heavy (non-hydrogen) atoms. The summed E-state index contributed by atoms with van der Waals surface area (Å²) in [7, 11) is 1.50. The van der Waals surface area contributed by atoms with E-state index in [-0.39, 0.29) is 11.6 Å². The summed E-state index contributed by atoms with van der Waals surface area (Å²) in [5, 5.41) is 4.67. The van der Waals surface area contributed by atoms with E-state index in [0.29, 0.717) is 22.7 Å². The maximum atomic E-state index is 14.0. The molecule has 0 fully saturated rings. The van der Waals surface area contributed by atoms with Gasteiger partial charge in [-0.25, -0.2) is 9.97 Å². The van der Waals surface area contributed by atoms with Gasteiger partial charge in [0.1, 0.15) is 5.75 Å². The number of halogens is 3. The van der Waals surface area contributed by atoms with Gasteiger partial charge in [-0.2, -0.15) is 23.0 Å². The van der Waals surface area contributed by atoms with Gasteiger partial charge in [-0.1, -0.05) is 71.8 Å². The summed E-state index contributed by atoms with van der Waals surface area (Å²) in [5.74, 6) is 0.328. The van der Waals surface area contributed by atoms with Crippen LogP contribution in [-0.2, 0) is 6.18 Å². The highest BCUT2D eigenvalue weighted by Crippen LogP contribution is 2.34. The third-order valence-corrected chi connectivity index (χ3v) is 5.96. The normalized spacial score (nSPS) is 11.5. The zero-order chi connectivity index (χ0) is 26.2. The van der Waals surface area contributed by atoms with Crippen molar-refractivity contribution in [1.82, 2.24) is 19.7 Å². The average Bonchev–Trinajstić information content (AvgIpc) is 3.34. The van der Waals surface area contributed by atoms with E-state index in [1.54, 1.807) is 24.3 Å². The minimum absolute atomic E-state index is 0.110. The number of hydrogen-bond donors (Lipinski definition) is 0. The van der Waals surface area contributed by atoms with Gasteiger partial charge < -0.3 is 4.74 Å². The van der Waals surface area contributed by atoms with Gasteiger partial charge in [-0.3, -0.25) is 0 Å². The standard InChI is InChI=1S/C29H23F3N4O/c1-18-7-11-20(12-8-18)25-16-26(21-13-9-19(2)10-14-21)36(35-25)28-33-24(17-27(34-28)29(30,31)32)22-5-4-6-23(15-22)37-3/h4-17H,1-3H3. The van der Waals surface area contributed by atoms with Crippen LogP contribution in [0.4, 0.5) is 13.2 Å². The van der Waals surface area contributed by atoms with Crippen LogP contribution in [0.5, 0.6) is 5.75 Å². The number of hydrogen-bond acceptors (Lipinski definition) is 4. The fourth-order valence-electron chi connectivity index (χ4n) is 3.93. The van der Waals surface area contributed by atoms with Gasteiger partial charge in [-0.05, 0) is 38.1 Å². The maximum Gasteiger partial charge on any atom is 0.433 e. The fourth-order valence-corrected chi connectivity index (χ4v) is 3.93. The van der Waals surface area contributed by atoms with E-state index in [1.807, 2.05) is 68.4 Å². The van der Waals surface area contributed by atoms with Crippen LogP contribution < -0.4 is 4.74 Å². The third kappa shape index (κ3) is 5.09. The lowest BCUT2D eigenvalue weighted by molar-refractivity contribution is -0.141. The van der Waals surface area contributed by atoms with Crippen molar-refractivity contribution in [3.63, 3.8) is 0 Å². The Bertz CT molecular complexity index is 1560. The van der Waals surface area contributed by atoms with E-state index in [4.69, 9.17) is 4.74 Å². The topological polar surface area (TPSA) is 52.8 Å². The summed E-state index contributed by atoms with van der Waals surface area (Å²) in [6.07, 6.45) is -4.68. The average molecular weight is 501 g/mol. The van der Waals surface area contributed by atoms with E-state index in [2.05, 4.69) is 15.1 Å². The summed E-state index contributed by atoms with van der Waals surface area (Å²) in [6, 6.07) is 24.9. The summed E-state index contributed by atoms with van der Waals surface area (Å²) in [5.41, 5.74) is 4.45. The number of nitrogens with zero attached hydrogens (tertiary/aromatic N) is 4. The van der Waals surface area contributed by atoms with E-state index in [1.165, 1.54) is 11.8 Å². The molecule has 0 amide bonds. The van der Waals surface area contributed by atoms with Gasteiger partial charge in [0, 0.05) is 16.7 Å². The number of ether oxygens (including phenoxy) is 1. The highest BCUT2D eigenvalue weighted by Gasteiger charge is 2.34. The molecule has 0 bridgehead atoms. The smallest absolute Gasteiger partial charge is 0.433 e. The van der Waals surface area contributed by atoms with Crippen molar-refractivity contribution in [3.05, 3.63) is 102 Å². The number of rotatable bonds is 5. The second kappa shape index (κ2) is 9.54. The van der Waals surface area contributed by atoms with E-state index >= 15 is 0 Å². The number of benzene rings is 3. The molecular weight excluding hydrogens is 477 g/mol. The van der Waals surface area contributed by atoms with Crippen molar-refractivity contribution in [1.29, 1.82) is 0 Å². The number of aryl methyl sites for hydroxylation is 2. The lowest BCUT2D eigenvalue weighted by atomic mass is 10.1. The minimum Gasteiger partial charge on any atom is -0.497 e. The van der Waals surface area contributed by atoms with Gasteiger partial charge >= 0.3 is 6.18 Å². The second-order valence-electron chi connectivity index (χ2n) is 8.73. The van der Waals surface area contributed by atoms with Crippen LogP contribution >= 0.6 is 0 Å². The fraction of sp³-hybridized carbons (Fsp3) is 0.138. The molecule has 0 N–H and O–H groups in total. The largest absolute Gasteiger partial charge is 0.497 e. The Morgan fingerprint density at radius 3 is 1.97 bits per heavy atom. The Balaban J connectivity index is 1.74. The van der Waals surface area contributed by atoms with E-state index in [9.17, 15) is 13.2 Å². The number of alkyl halides is 3. The van der Waals surface area contributed by atoms with Crippen molar-refractivity contribution in [3.8, 4) is 45.5 Å². The Hall–Kier alpha value is -4.46. The van der Waals surface area contributed by atoms with Crippen LogP contribution in [0.2, 0.25) is 0 Å². The summed E-state index contributed by atoms with van der Waals surface area (Å²) in [6.45, 7) is 3.95. The Kier molecular flexibility index (Phi) is 6.25. The molecule has 3 aromatic carbocycles. The first kappa shape index (κ1) is 24.2. The van der Waals surface area contributed by atoms with Gasteiger partial charge in [0.15, 0.2) is 5.69 Å². The summed E-state index contributed by atoms with van der Waals surface area (Å²) < 4.78 is 48.5. The molecule has 8 heteroatoms. The molecule has 0 radical (unpaired) electrons. The van der Waals surface area contributed by atoms with Crippen LogP contribution in [0.25, 0.3) is 39.7 Å². The number of aromatic nitrogens is 4. The Labute approximate surface area is 212 Å². The van der Waals surface area contributed by atoms with Gasteiger partial charge in [0.25, 0.3) is 5.95 Å². The van der Waals surface area contributed by atoms with Crippen molar-refractivity contribution in [2.45, 2.75) is 20.0 Å². The minimum atomic E-state index is -4.68. The van der Waals surface area contributed by atoms with Crippen LogP contribution in [0.3, 0.4) is 0 Å². The first-order valence-corrected chi connectivity index (χ1v) is 11.6. The zero-order valence-electron chi connectivity index (χ0n) is 20.4. The van der Waals surface area contributed by atoms with Crippen molar-refractivity contribution in [2.75, 3.05) is 7.11 Å². The quantitative estimate of drug-likeness (QED) is 0.254. The van der Waals surface area contributed by atoms with Crippen LogP contribution in [0.15, 0.2) is 84.9 Å². The molecule has 2 heterocycles. The molecule has 5 aromatic rings. The predicted molar refractivity (Wildman–Crippen MR) is 136 cm³/mol. The Morgan fingerprint density at radius 1 is 0.703 bits per heavy atom. The third-order valence-electron chi connectivity index (χ3n) is 5.96. The molecule has 186 valence electrons. The lowest BCUT2D eigenvalue weighted by Gasteiger charge is -2.13. The zero-order valence-corrected chi connectivity index (χ0v) is 20.4. The molecule has 5 rings (SSSR count). The van der Waals surface area contributed by atoms with Crippen LogP contribution in [0.1, 0.15) is 16.8 Å². The lowest BCUT2D eigenvalue weighted by Crippen LogP contribution is -2.14. The first-order chi connectivity index (χ1) is 17.7. The molecule has 2 aromatic heterocycles. The van der Waals surface area contributed by atoms with E-state index in [0.717, 1.165) is 28.3 Å². The summed E-state index contributed by atoms with van der Waals surface area (Å²) >= 11 is 0. The molecule has 0 saturated heterocycles. The maximum absolute atomic E-state index is 14.0. The molecule has 0 aliphatic heterocycles. The van der Waals surface area contributed by atoms with Crippen molar-refractivity contribution in [2.24, 2.45) is 0 Å². The summed E-state index contributed by atoms with van der Waals surface area (Å²) in [4.78, 5) is 8.42. The molecular formula is C29H23F3N4O. The molecule has 5 nitrogen and oxygen atoms in total. The Morgan fingerprint density at radius 2 is 1.35 bits per heavy atom. The van der Waals surface area contributed by atoms with Crippen molar-refractivity contribution >= 4 is 0 Å². The van der Waals surface area contributed by atoms with Crippen LogP contribution in [-0.4, -0.2) is 26.9 Å². The molecule has 0 atom stereocenters. The molecule has 0 unspecified atom stereocenters. The van der Waals surface area contributed by atoms with Gasteiger partial charge in [0.2, 0.25) is 0 Å². The monoisotopic (exact) mass is 500 g/mol. The second-order valence-corrected chi connectivity index (χ2v) is 8.73. The molecule has 0 saturated carbocycles. The number of methoxy groups -OCH3 is 1. The predicted octanol–water partition coefficient (Wildman–Crippen LogP) is 7.31. The van der Waals surface area contributed by atoms with Gasteiger partial charge in [-0.15, -0.1) is 0 Å². The van der Waals surface area contributed by atoms with Gasteiger partial charge in [0.05, 0.1) is 24.2 Å². The SMILES string of the molecule is COc1cccc(-c2cc(C(F)(F)F)nc(-n3nc(-c4ccc(C)cc4)cc3-c3ccc(C)cc3)n2)c1. The van der Waals surface area contributed by atoms with E-state index < -0.39 is 11.9 Å². The first-order valence-electron chi connectivity index (χ1n) is 11.6. The highest BCUT2D eigenvalue weighted by molar-refractivity contribution is 5.71. The molecule has 0 aliphatic rings.